The number of amides is 1. The summed E-state index contributed by atoms with van der Waals surface area (Å²) in [7, 11) is -3.66. The van der Waals surface area contributed by atoms with Crippen molar-refractivity contribution in [2.24, 2.45) is 0 Å². The Balaban J connectivity index is 1.97. The molecule has 1 aliphatic heterocycles. The Labute approximate surface area is 120 Å². The number of nitrogens with one attached hydrogen (secondary N) is 2. The van der Waals surface area contributed by atoms with Gasteiger partial charge in [-0.3, -0.25) is 9.59 Å². The van der Waals surface area contributed by atoms with Crippen LogP contribution in [0.1, 0.15) is 17.7 Å². The van der Waals surface area contributed by atoms with E-state index in [0.29, 0.717) is 17.7 Å². The van der Waals surface area contributed by atoms with Crippen LogP contribution in [0.2, 0.25) is 0 Å². The van der Waals surface area contributed by atoms with Gasteiger partial charge < -0.3 is 10.4 Å². The van der Waals surface area contributed by atoms with Gasteiger partial charge in [0.25, 0.3) is 0 Å². The molecule has 0 bridgehead atoms. The normalized spacial score (nSPS) is 19.0. The Bertz CT molecular complexity index is 623. The maximum Gasteiger partial charge on any atom is 0.308 e. The molecule has 2 rings (SSSR count). The van der Waals surface area contributed by atoms with E-state index in [1.807, 2.05) is 0 Å². The highest BCUT2D eigenvalue weighted by Gasteiger charge is 2.24. The summed E-state index contributed by atoms with van der Waals surface area (Å²) in [5.41, 5.74) is 0. The summed E-state index contributed by atoms with van der Waals surface area (Å²) in [6.45, 7) is 0.139. The van der Waals surface area contributed by atoms with E-state index in [2.05, 4.69) is 10.0 Å². The number of aliphatic carboxylic acids is 1. The SMILES string of the molecule is O=C(O)Cc1ccc(S(=O)(=O)NCC2CCC(=O)N2)s1. The number of carbonyl (C=O) groups excluding carboxylic acids is 1. The molecule has 0 saturated carbocycles. The Morgan fingerprint density at radius 1 is 1.50 bits per heavy atom. The summed E-state index contributed by atoms with van der Waals surface area (Å²) in [6, 6.07) is 2.69. The number of sulfonamides is 1. The fraction of sp³-hybridized carbons (Fsp3) is 0.455. The fourth-order valence-electron chi connectivity index (χ4n) is 1.86. The summed E-state index contributed by atoms with van der Waals surface area (Å²) >= 11 is 0.933. The van der Waals surface area contributed by atoms with Crippen LogP contribution in [0.3, 0.4) is 0 Å². The predicted molar refractivity (Wildman–Crippen MR) is 72.0 cm³/mol. The molecule has 1 unspecified atom stereocenters. The van der Waals surface area contributed by atoms with Gasteiger partial charge in [0.1, 0.15) is 4.21 Å². The summed E-state index contributed by atoms with van der Waals surface area (Å²) < 4.78 is 26.5. The van der Waals surface area contributed by atoms with Crippen molar-refractivity contribution >= 4 is 33.2 Å². The number of carbonyl (C=O) groups is 2. The third-order valence-corrected chi connectivity index (χ3v) is 5.83. The standard InChI is InChI=1S/C11H14N2O5S2/c14-9-3-1-7(13-9)6-12-20(17,18)11-4-2-8(19-11)5-10(15)16/h2,4,7,12H,1,3,5-6H2,(H,13,14)(H,15,16). The lowest BCUT2D eigenvalue weighted by Gasteiger charge is -2.10. The number of hydrogen-bond acceptors (Lipinski definition) is 5. The Kier molecular flexibility index (Phi) is 4.41. The first-order valence-corrected chi connectivity index (χ1v) is 8.26. The molecule has 0 radical (unpaired) electrons. The third-order valence-electron chi connectivity index (χ3n) is 2.83. The van der Waals surface area contributed by atoms with Crippen molar-refractivity contribution in [3.63, 3.8) is 0 Å². The van der Waals surface area contributed by atoms with Crippen molar-refractivity contribution in [2.45, 2.75) is 29.5 Å². The van der Waals surface area contributed by atoms with Gasteiger partial charge in [0.05, 0.1) is 6.42 Å². The minimum absolute atomic E-state index is 0.0749. The van der Waals surface area contributed by atoms with Gasteiger partial charge >= 0.3 is 5.97 Å². The van der Waals surface area contributed by atoms with E-state index in [9.17, 15) is 18.0 Å². The molecule has 0 spiro atoms. The molecule has 0 aliphatic carbocycles. The van der Waals surface area contributed by atoms with Crippen molar-refractivity contribution < 1.29 is 23.1 Å². The van der Waals surface area contributed by atoms with Crippen molar-refractivity contribution in [1.29, 1.82) is 0 Å². The second-order valence-electron chi connectivity index (χ2n) is 4.45. The van der Waals surface area contributed by atoms with Crippen molar-refractivity contribution in [2.75, 3.05) is 6.54 Å². The lowest BCUT2D eigenvalue weighted by Crippen LogP contribution is -2.38. The van der Waals surface area contributed by atoms with E-state index in [1.165, 1.54) is 12.1 Å². The van der Waals surface area contributed by atoms with E-state index >= 15 is 0 Å². The van der Waals surface area contributed by atoms with Crippen LogP contribution < -0.4 is 10.0 Å². The highest BCUT2D eigenvalue weighted by molar-refractivity contribution is 7.91. The zero-order valence-corrected chi connectivity index (χ0v) is 12.1. The van der Waals surface area contributed by atoms with Crippen LogP contribution >= 0.6 is 11.3 Å². The molecule has 1 amide bonds. The molecule has 7 nitrogen and oxygen atoms in total. The van der Waals surface area contributed by atoms with Crippen LogP contribution in [-0.2, 0) is 26.0 Å². The molecule has 1 fully saturated rings. The van der Waals surface area contributed by atoms with Gasteiger partial charge in [-0.05, 0) is 18.6 Å². The van der Waals surface area contributed by atoms with Crippen molar-refractivity contribution in [3.05, 3.63) is 17.0 Å². The summed E-state index contributed by atoms with van der Waals surface area (Å²) in [5, 5.41) is 11.3. The van der Waals surface area contributed by atoms with E-state index in [4.69, 9.17) is 5.11 Å². The first-order chi connectivity index (χ1) is 9.37. The zero-order chi connectivity index (χ0) is 14.8. The highest BCUT2D eigenvalue weighted by atomic mass is 32.2. The zero-order valence-electron chi connectivity index (χ0n) is 10.5. The molecule has 20 heavy (non-hydrogen) atoms. The van der Waals surface area contributed by atoms with Gasteiger partial charge in [0, 0.05) is 23.9 Å². The second kappa shape index (κ2) is 5.90. The number of hydrogen-bond donors (Lipinski definition) is 3. The molecule has 1 aliphatic rings. The van der Waals surface area contributed by atoms with Crippen molar-refractivity contribution in [1.82, 2.24) is 10.0 Å². The lowest BCUT2D eigenvalue weighted by atomic mass is 10.2. The van der Waals surface area contributed by atoms with E-state index in [1.54, 1.807) is 0 Å². The Morgan fingerprint density at radius 2 is 2.25 bits per heavy atom. The smallest absolute Gasteiger partial charge is 0.308 e. The predicted octanol–water partition coefficient (Wildman–Crippen LogP) is -0.0679. The Hall–Kier alpha value is -1.45. The average molecular weight is 318 g/mol. The van der Waals surface area contributed by atoms with Gasteiger partial charge in [-0.25, -0.2) is 13.1 Å². The van der Waals surface area contributed by atoms with E-state index in [-0.39, 0.29) is 29.1 Å². The molecule has 9 heteroatoms. The van der Waals surface area contributed by atoms with E-state index < -0.39 is 16.0 Å². The molecule has 0 aromatic carbocycles. The van der Waals surface area contributed by atoms with Gasteiger partial charge in [-0.15, -0.1) is 11.3 Å². The third kappa shape index (κ3) is 3.78. The summed E-state index contributed by atoms with van der Waals surface area (Å²) in [6.07, 6.45) is 0.823. The molecule has 1 atom stereocenters. The topological polar surface area (TPSA) is 113 Å². The molecular weight excluding hydrogens is 304 g/mol. The maximum atomic E-state index is 12.0. The fourth-order valence-corrected chi connectivity index (χ4v) is 4.33. The number of rotatable bonds is 6. The number of carboxylic acid groups (broad SMARTS) is 1. The Morgan fingerprint density at radius 3 is 2.85 bits per heavy atom. The molecule has 3 N–H and O–H groups in total. The molecule has 110 valence electrons. The van der Waals surface area contributed by atoms with Crippen LogP contribution in [0.15, 0.2) is 16.3 Å². The van der Waals surface area contributed by atoms with Gasteiger partial charge in [0.2, 0.25) is 15.9 Å². The largest absolute Gasteiger partial charge is 0.481 e. The molecule has 1 aromatic heterocycles. The highest BCUT2D eigenvalue weighted by Crippen LogP contribution is 2.22. The quantitative estimate of drug-likeness (QED) is 0.680. The second-order valence-corrected chi connectivity index (χ2v) is 7.61. The van der Waals surface area contributed by atoms with Gasteiger partial charge in [-0.1, -0.05) is 0 Å². The monoisotopic (exact) mass is 318 g/mol. The number of carboxylic acids is 1. The first kappa shape index (κ1) is 14.9. The molecule has 1 saturated heterocycles. The van der Waals surface area contributed by atoms with Crippen LogP contribution in [0.4, 0.5) is 0 Å². The minimum Gasteiger partial charge on any atom is -0.481 e. The van der Waals surface area contributed by atoms with Crippen LogP contribution in [-0.4, -0.2) is 38.0 Å². The molecule has 2 heterocycles. The van der Waals surface area contributed by atoms with Crippen molar-refractivity contribution in [3.8, 4) is 0 Å². The molecule has 1 aromatic rings. The van der Waals surface area contributed by atoms with Gasteiger partial charge in [-0.2, -0.15) is 0 Å². The minimum atomic E-state index is -3.66. The van der Waals surface area contributed by atoms with Crippen LogP contribution in [0.25, 0.3) is 0 Å². The number of thiophene rings is 1. The lowest BCUT2D eigenvalue weighted by molar-refractivity contribution is -0.136. The van der Waals surface area contributed by atoms with Gasteiger partial charge in [0.15, 0.2) is 0 Å². The first-order valence-electron chi connectivity index (χ1n) is 5.96. The summed E-state index contributed by atoms with van der Waals surface area (Å²) in [4.78, 5) is 22.1. The maximum absolute atomic E-state index is 12.0. The average Bonchev–Trinajstić information content (AvgIpc) is 2.95. The molecular formula is C11H14N2O5S2. The summed E-state index contributed by atoms with van der Waals surface area (Å²) in [5.74, 6) is -1.08. The van der Waals surface area contributed by atoms with E-state index in [0.717, 1.165) is 11.3 Å². The van der Waals surface area contributed by atoms with Crippen LogP contribution in [0, 0.1) is 0 Å². The van der Waals surface area contributed by atoms with Crippen LogP contribution in [0.5, 0.6) is 0 Å².